The molecule has 10 heteroatoms. The number of halogens is 6. The van der Waals surface area contributed by atoms with E-state index < -0.39 is 23.5 Å². The Hall–Kier alpha value is -1.55. The molecule has 1 aromatic carbocycles. The maximum absolute atomic E-state index is 13.0. The molecule has 0 saturated heterocycles. The minimum absolute atomic E-state index is 0.0375. The van der Waals surface area contributed by atoms with Gasteiger partial charge in [-0.1, -0.05) is 34.6 Å². The lowest BCUT2D eigenvalue weighted by Crippen LogP contribution is -2.51. The first kappa shape index (κ1) is 25.5. The molecule has 3 nitrogen and oxygen atoms in total. The zero-order chi connectivity index (χ0) is 22.6. The molecule has 0 bridgehead atoms. The van der Waals surface area contributed by atoms with E-state index in [0.29, 0.717) is 18.7 Å². The third-order valence-corrected chi connectivity index (χ3v) is 4.75. The van der Waals surface area contributed by atoms with Gasteiger partial charge in [0.15, 0.2) is 5.11 Å². The SMILES string of the molecule is CCN(CC)C[C@@H](NC(=S)Nc1cc(C(F)(F)F)cc(C(F)(F)F)c1)C(C)(C)C. The van der Waals surface area contributed by atoms with E-state index in [9.17, 15) is 26.3 Å². The largest absolute Gasteiger partial charge is 0.416 e. The molecule has 1 rings (SSSR count). The van der Waals surface area contributed by atoms with Crippen LogP contribution in [0.25, 0.3) is 0 Å². The number of benzene rings is 1. The Bertz CT molecular complexity index is 658. The van der Waals surface area contributed by atoms with Gasteiger partial charge in [-0.3, -0.25) is 0 Å². The summed E-state index contributed by atoms with van der Waals surface area (Å²) in [4.78, 5) is 2.15. The summed E-state index contributed by atoms with van der Waals surface area (Å²) in [6.45, 7) is 12.1. The van der Waals surface area contributed by atoms with Crippen molar-refractivity contribution in [2.75, 3.05) is 25.0 Å². The summed E-state index contributed by atoms with van der Waals surface area (Å²) in [6, 6.07) is 1.13. The molecule has 0 spiro atoms. The molecule has 0 aromatic heterocycles. The van der Waals surface area contributed by atoms with Crippen molar-refractivity contribution in [3.05, 3.63) is 29.3 Å². The molecule has 0 amide bonds. The van der Waals surface area contributed by atoms with Gasteiger partial charge in [-0.2, -0.15) is 26.3 Å². The van der Waals surface area contributed by atoms with E-state index in [1.807, 2.05) is 34.6 Å². The first-order valence-corrected chi connectivity index (χ1v) is 9.58. The van der Waals surface area contributed by atoms with Crippen molar-refractivity contribution in [2.45, 2.75) is 53.0 Å². The Morgan fingerprint density at radius 2 is 1.38 bits per heavy atom. The molecule has 0 aliphatic carbocycles. The lowest BCUT2D eigenvalue weighted by atomic mass is 9.86. The number of alkyl halides is 6. The van der Waals surface area contributed by atoms with E-state index in [1.54, 1.807) is 0 Å². The molecular formula is C19H27F6N3S. The molecule has 2 N–H and O–H groups in total. The van der Waals surface area contributed by atoms with Gasteiger partial charge in [-0.05, 0) is 48.9 Å². The maximum atomic E-state index is 13.0. The highest BCUT2D eigenvalue weighted by atomic mass is 32.1. The molecular weight excluding hydrogens is 416 g/mol. The fourth-order valence-corrected chi connectivity index (χ4v) is 2.89. The summed E-state index contributed by atoms with van der Waals surface area (Å²) in [5, 5.41) is 5.48. The van der Waals surface area contributed by atoms with Crippen molar-refractivity contribution in [3.63, 3.8) is 0 Å². The van der Waals surface area contributed by atoms with Crippen LogP contribution in [-0.2, 0) is 12.4 Å². The van der Waals surface area contributed by atoms with E-state index in [1.165, 1.54) is 0 Å². The molecule has 29 heavy (non-hydrogen) atoms. The van der Waals surface area contributed by atoms with Crippen LogP contribution in [0, 0.1) is 5.41 Å². The van der Waals surface area contributed by atoms with Crippen LogP contribution in [0.3, 0.4) is 0 Å². The summed E-state index contributed by atoms with van der Waals surface area (Å²) < 4.78 is 78.1. The smallest absolute Gasteiger partial charge is 0.358 e. The van der Waals surface area contributed by atoms with Crippen molar-refractivity contribution >= 4 is 23.0 Å². The molecule has 0 saturated carbocycles. The van der Waals surface area contributed by atoms with Crippen LogP contribution in [0.5, 0.6) is 0 Å². The number of nitrogens with one attached hydrogen (secondary N) is 2. The van der Waals surface area contributed by atoms with Crippen molar-refractivity contribution in [3.8, 4) is 0 Å². The second-order valence-electron chi connectivity index (χ2n) is 7.80. The van der Waals surface area contributed by atoms with Gasteiger partial charge in [-0.25, -0.2) is 0 Å². The number of thiocarbonyl (C=S) groups is 1. The highest BCUT2D eigenvalue weighted by Crippen LogP contribution is 2.37. The van der Waals surface area contributed by atoms with Crippen molar-refractivity contribution < 1.29 is 26.3 Å². The topological polar surface area (TPSA) is 27.3 Å². The van der Waals surface area contributed by atoms with Gasteiger partial charge in [0.25, 0.3) is 0 Å². The van der Waals surface area contributed by atoms with Gasteiger partial charge in [0, 0.05) is 18.3 Å². The third-order valence-electron chi connectivity index (χ3n) is 4.53. The Balaban J connectivity index is 3.10. The molecule has 0 aliphatic heterocycles. The average molecular weight is 444 g/mol. The fourth-order valence-electron chi connectivity index (χ4n) is 2.63. The van der Waals surface area contributed by atoms with E-state index in [4.69, 9.17) is 12.2 Å². The summed E-state index contributed by atoms with van der Waals surface area (Å²) >= 11 is 5.18. The fraction of sp³-hybridized carbons (Fsp3) is 0.632. The van der Waals surface area contributed by atoms with Crippen LogP contribution >= 0.6 is 12.2 Å². The number of hydrogen-bond donors (Lipinski definition) is 2. The predicted octanol–water partition coefficient (Wildman–Crippen LogP) is 5.77. The number of nitrogens with zero attached hydrogens (tertiary/aromatic N) is 1. The Labute approximate surface area is 172 Å². The van der Waals surface area contributed by atoms with Crippen molar-refractivity contribution in [1.82, 2.24) is 10.2 Å². The minimum atomic E-state index is -4.91. The van der Waals surface area contributed by atoms with Gasteiger partial charge in [0.1, 0.15) is 0 Å². The van der Waals surface area contributed by atoms with Crippen LogP contribution < -0.4 is 10.6 Å². The summed E-state index contributed by atoms with van der Waals surface area (Å²) in [5.74, 6) is 0. The molecule has 0 radical (unpaired) electrons. The van der Waals surface area contributed by atoms with Crippen LogP contribution in [0.1, 0.15) is 45.7 Å². The predicted molar refractivity (Wildman–Crippen MR) is 107 cm³/mol. The lowest BCUT2D eigenvalue weighted by molar-refractivity contribution is -0.143. The summed E-state index contributed by atoms with van der Waals surface area (Å²) in [5.41, 5.74) is -3.42. The molecule has 1 aromatic rings. The lowest BCUT2D eigenvalue weighted by Gasteiger charge is -2.36. The average Bonchev–Trinajstić information content (AvgIpc) is 2.55. The van der Waals surface area contributed by atoms with E-state index >= 15 is 0 Å². The van der Waals surface area contributed by atoms with Crippen molar-refractivity contribution in [1.29, 1.82) is 0 Å². The molecule has 166 valence electrons. The second-order valence-corrected chi connectivity index (χ2v) is 8.21. The van der Waals surface area contributed by atoms with Gasteiger partial charge in [0.2, 0.25) is 0 Å². The maximum Gasteiger partial charge on any atom is 0.416 e. The molecule has 1 atom stereocenters. The van der Waals surface area contributed by atoms with Crippen LogP contribution in [0.4, 0.5) is 32.0 Å². The Kier molecular flexibility index (Phi) is 8.36. The number of hydrogen-bond acceptors (Lipinski definition) is 2. The van der Waals surface area contributed by atoms with Crippen LogP contribution in [0.2, 0.25) is 0 Å². The highest BCUT2D eigenvalue weighted by molar-refractivity contribution is 7.80. The van der Waals surface area contributed by atoms with Crippen molar-refractivity contribution in [2.24, 2.45) is 5.41 Å². The number of likely N-dealkylation sites (N-methyl/N-ethyl adjacent to an activating group) is 1. The normalized spacial score (nSPS) is 14.1. The zero-order valence-electron chi connectivity index (χ0n) is 17.1. The Morgan fingerprint density at radius 3 is 1.72 bits per heavy atom. The summed E-state index contributed by atoms with van der Waals surface area (Å²) in [6.07, 6.45) is -9.83. The first-order valence-electron chi connectivity index (χ1n) is 9.17. The zero-order valence-corrected chi connectivity index (χ0v) is 17.9. The third kappa shape index (κ3) is 8.00. The first-order chi connectivity index (χ1) is 13.1. The standard InChI is InChI=1S/C19H27F6N3S/c1-6-28(7-2)11-15(17(3,4)5)27-16(29)26-14-9-12(18(20,21)22)8-13(10-14)19(23,24)25/h8-10,15H,6-7,11H2,1-5H3,(H2,26,27,29)/t15-/m1/s1. The molecule has 0 unspecified atom stereocenters. The van der Waals surface area contributed by atoms with E-state index in [2.05, 4.69) is 15.5 Å². The highest BCUT2D eigenvalue weighted by Gasteiger charge is 2.37. The summed E-state index contributed by atoms with van der Waals surface area (Å²) in [7, 11) is 0. The number of anilines is 1. The molecule has 0 fully saturated rings. The van der Waals surface area contributed by atoms with Gasteiger partial charge >= 0.3 is 12.4 Å². The van der Waals surface area contributed by atoms with Gasteiger partial charge in [0.05, 0.1) is 11.1 Å². The number of rotatable bonds is 6. The van der Waals surface area contributed by atoms with Crippen LogP contribution in [-0.4, -0.2) is 35.7 Å². The molecule has 0 heterocycles. The minimum Gasteiger partial charge on any atom is -0.358 e. The second kappa shape index (κ2) is 9.51. The molecule has 0 aliphatic rings. The van der Waals surface area contributed by atoms with Gasteiger partial charge < -0.3 is 15.5 Å². The van der Waals surface area contributed by atoms with Gasteiger partial charge in [-0.15, -0.1) is 0 Å². The van der Waals surface area contributed by atoms with E-state index in [0.717, 1.165) is 13.1 Å². The Morgan fingerprint density at radius 1 is 0.931 bits per heavy atom. The quantitative estimate of drug-likeness (QED) is 0.431. The monoisotopic (exact) mass is 443 g/mol. The van der Waals surface area contributed by atoms with Crippen LogP contribution in [0.15, 0.2) is 18.2 Å². The van der Waals surface area contributed by atoms with E-state index in [-0.39, 0.29) is 28.3 Å².